The largest absolute Gasteiger partial charge is 0.442 e. The molecule has 0 fully saturated rings. The number of halogens is 3. The lowest BCUT2D eigenvalue weighted by Crippen LogP contribution is -2.26. The molecule has 0 heterocycles. The Bertz CT molecular complexity index is 389. The summed E-state index contributed by atoms with van der Waals surface area (Å²) in [5, 5.41) is -1.07. The van der Waals surface area contributed by atoms with Crippen LogP contribution in [0, 0.1) is 0 Å². The molecule has 5 heteroatoms. The van der Waals surface area contributed by atoms with E-state index in [4.69, 9.17) is 0 Å². The smallest absolute Gasteiger partial charge is 0.299 e. The molecule has 0 saturated heterocycles. The van der Waals surface area contributed by atoms with E-state index in [0.717, 1.165) is 5.56 Å². The third-order valence-electron chi connectivity index (χ3n) is 2.69. The zero-order valence-electron chi connectivity index (χ0n) is 10.2. The van der Waals surface area contributed by atoms with E-state index in [-0.39, 0.29) is 11.8 Å². The maximum absolute atomic E-state index is 12.5. The number of carbonyl (C=O) groups is 1. The molecular weight excluding hydrogens is 261 g/mol. The molecule has 0 bridgehead atoms. The number of ketones is 1. The molecule has 0 aromatic heterocycles. The minimum absolute atomic E-state index is 0.212. The molecular formula is C13H15F3OS. The van der Waals surface area contributed by atoms with Crippen molar-refractivity contribution >= 4 is 17.5 Å². The Kier molecular flexibility index (Phi) is 5.26. The number of hydrogen-bond donors (Lipinski definition) is 0. The summed E-state index contributed by atoms with van der Waals surface area (Å²) < 4.78 is 37.5. The van der Waals surface area contributed by atoms with E-state index in [9.17, 15) is 18.0 Å². The highest BCUT2D eigenvalue weighted by Gasteiger charge is 2.38. The summed E-state index contributed by atoms with van der Waals surface area (Å²) in [5.41, 5.74) is -3.62. The summed E-state index contributed by atoms with van der Waals surface area (Å²) >= 11 is -0.212. The number of benzene rings is 1. The van der Waals surface area contributed by atoms with Crippen molar-refractivity contribution in [1.82, 2.24) is 0 Å². The highest BCUT2D eigenvalue weighted by Crippen LogP contribution is 2.41. The van der Waals surface area contributed by atoms with Crippen LogP contribution in [0.1, 0.15) is 31.7 Å². The monoisotopic (exact) mass is 276 g/mol. The molecule has 0 N–H and O–H groups in total. The van der Waals surface area contributed by atoms with Crippen molar-refractivity contribution in [3.05, 3.63) is 35.9 Å². The van der Waals surface area contributed by atoms with Gasteiger partial charge in [0.25, 0.3) is 0 Å². The highest BCUT2D eigenvalue weighted by atomic mass is 32.2. The second-order valence-corrected chi connectivity index (χ2v) is 5.23. The number of rotatable bonds is 5. The van der Waals surface area contributed by atoms with Crippen LogP contribution in [0.5, 0.6) is 0 Å². The minimum atomic E-state index is -4.39. The molecule has 0 radical (unpaired) electrons. The van der Waals surface area contributed by atoms with Crippen LogP contribution < -0.4 is 0 Å². The molecule has 1 nitrogen and oxygen atoms in total. The third kappa shape index (κ3) is 4.37. The topological polar surface area (TPSA) is 17.1 Å². The van der Waals surface area contributed by atoms with Crippen molar-refractivity contribution in [1.29, 1.82) is 0 Å². The van der Waals surface area contributed by atoms with Crippen LogP contribution in [0.15, 0.2) is 30.3 Å². The van der Waals surface area contributed by atoms with Gasteiger partial charge in [0, 0.05) is 5.92 Å². The summed E-state index contributed by atoms with van der Waals surface area (Å²) in [7, 11) is 0. The van der Waals surface area contributed by atoms with Crippen LogP contribution in [-0.2, 0) is 4.79 Å². The van der Waals surface area contributed by atoms with Crippen LogP contribution in [0.4, 0.5) is 13.2 Å². The van der Waals surface area contributed by atoms with Gasteiger partial charge in [-0.05, 0) is 30.7 Å². The maximum atomic E-state index is 12.5. The Morgan fingerprint density at radius 1 is 1.28 bits per heavy atom. The van der Waals surface area contributed by atoms with Gasteiger partial charge in [-0.2, -0.15) is 13.2 Å². The van der Waals surface area contributed by atoms with Gasteiger partial charge in [-0.1, -0.05) is 37.3 Å². The van der Waals surface area contributed by atoms with Gasteiger partial charge in [-0.25, -0.2) is 0 Å². The van der Waals surface area contributed by atoms with Gasteiger partial charge in [0.15, 0.2) is 0 Å². The Morgan fingerprint density at radius 2 is 1.83 bits per heavy atom. The second kappa shape index (κ2) is 6.27. The molecule has 2 atom stereocenters. The molecule has 0 unspecified atom stereocenters. The first-order chi connectivity index (χ1) is 8.35. The lowest BCUT2D eigenvalue weighted by molar-refractivity contribution is -0.117. The predicted octanol–water partition coefficient (Wildman–Crippen LogP) is 4.39. The minimum Gasteiger partial charge on any atom is -0.299 e. The summed E-state index contributed by atoms with van der Waals surface area (Å²) in [6.45, 7) is 3.01. The van der Waals surface area contributed by atoms with E-state index in [1.54, 1.807) is 37.3 Å². The second-order valence-electron chi connectivity index (χ2n) is 4.02. The Balaban J connectivity index is 2.99. The average Bonchev–Trinajstić information content (AvgIpc) is 2.28. The lowest BCUT2D eigenvalue weighted by atomic mass is 9.91. The standard InChI is InChI=1S/C13H15F3OS/c1-3-11(10-7-5-4-6-8-10)12(9(2)17)18-13(14,15)16/h4-8,11-12H,3H2,1-2H3/t11-,12-/m1/s1. The quantitative estimate of drug-likeness (QED) is 0.793. The van der Waals surface area contributed by atoms with Crippen LogP contribution in [-0.4, -0.2) is 16.5 Å². The van der Waals surface area contributed by atoms with Gasteiger partial charge in [0.05, 0.1) is 5.25 Å². The van der Waals surface area contributed by atoms with Crippen molar-refractivity contribution in [3.8, 4) is 0 Å². The van der Waals surface area contributed by atoms with Crippen LogP contribution in [0.25, 0.3) is 0 Å². The summed E-state index contributed by atoms with van der Waals surface area (Å²) in [4.78, 5) is 11.5. The third-order valence-corrected chi connectivity index (χ3v) is 3.88. The fraction of sp³-hybridized carbons (Fsp3) is 0.462. The molecule has 1 aromatic carbocycles. The van der Waals surface area contributed by atoms with Crippen LogP contribution in [0.3, 0.4) is 0 Å². The number of alkyl halides is 3. The van der Waals surface area contributed by atoms with Gasteiger partial charge < -0.3 is 0 Å². The Hall–Kier alpha value is -0.970. The van der Waals surface area contributed by atoms with E-state index in [2.05, 4.69) is 0 Å². The molecule has 0 aliphatic heterocycles. The fourth-order valence-corrected chi connectivity index (χ4v) is 2.88. The van der Waals surface area contributed by atoms with Crippen molar-refractivity contribution in [3.63, 3.8) is 0 Å². The van der Waals surface area contributed by atoms with Crippen molar-refractivity contribution in [2.45, 2.75) is 36.9 Å². The van der Waals surface area contributed by atoms with Gasteiger partial charge in [-0.15, -0.1) is 0 Å². The summed E-state index contributed by atoms with van der Waals surface area (Å²) in [5.74, 6) is -0.844. The molecule has 0 amide bonds. The SMILES string of the molecule is CC[C@H](c1ccccc1)[C@H](SC(F)(F)F)C(C)=O. The highest BCUT2D eigenvalue weighted by molar-refractivity contribution is 8.01. The van der Waals surface area contributed by atoms with E-state index < -0.39 is 22.5 Å². The Morgan fingerprint density at radius 3 is 2.22 bits per heavy atom. The number of carbonyl (C=O) groups excluding carboxylic acids is 1. The molecule has 1 aromatic rings. The maximum Gasteiger partial charge on any atom is 0.442 e. The first-order valence-electron chi connectivity index (χ1n) is 5.65. The number of thioether (sulfide) groups is 1. The van der Waals surface area contributed by atoms with Gasteiger partial charge in [-0.3, -0.25) is 4.79 Å². The van der Waals surface area contributed by atoms with Gasteiger partial charge >= 0.3 is 5.51 Å². The zero-order valence-corrected chi connectivity index (χ0v) is 11.0. The van der Waals surface area contributed by atoms with Crippen molar-refractivity contribution in [2.75, 3.05) is 0 Å². The number of hydrogen-bond acceptors (Lipinski definition) is 2. The van der Waals surface area contributed by atoms with E-state index in [1.807, 2.05) is 0 Å². The first-order valence-corrected chi connectivity index (χ1v) is 6.53. The molecule has 18 heavy (non-hydrogen) atoms. The normalized spacial score (nSPS) is 15.2. The molecule has 100 valence electrons. The molecule has 0 spiro atoms. The van der Waals surface area contributed by atoms with Gasteiger partial charge in [0.2, 0.25) is 0 Å². The predicted molar refractivity (Wildman–Crippen MR) is 67.6 cm³/mol. The van der Waals surface area contributed by atoms with E-state index >= 15 is 0 Å². The zero-order chi connectivity index (χ0) is 13.8. The van der Waals surface area contributed by atoms with Crippen molar-refractivity contribution < 1.29 is 18.0 Å². The van der Waals surface area contributed by atoms with E-state index in [1.165, 1.54) is 6.92 Å². The molecule has 0 saturated carbocycles. The first kappa shape index (κ1) is 15.1. The molecule has 1 rings (SSSR count). The average molecular weight is 276 g/mol. The van der Waals surface area contributed by atoms with Crippen LogP contribution in [0.2, 0.25) is 0 Å². The summed E-state index contributed by atoms with van der Waals surface area (Å²) in [6, 6.07) is 8.87. The molecule has 0 aliphatic carbocycles. The molecule has 0 aliphatic rings. The lowest BCUT2D eigenvalue weighted by Gasteiger charge is -2.24. The van der Waals surface area contributed by atoms with Gasteiger partial charge in [0.1, 0.15) is 5.78 Å². The van der Waals surface area contributed by atoms with E-state index in [0.29, 0.717) is 6.42 Å². The number of Topliss-reactive ketones (excluding diaryl/α,β-unsaturated/α-hetero) is 1. The van der Waals surface area contributed by atoms with Crippen molar-refractivity contribution in [2.24, 2.45) is 0 Å². The summed E-state index contributed by atoms with van der Waals surface area (Å²) in [6.07, 6.45) is 0.497. The fourth-order valence-electron chi connectivity index (χ4n) is 1.92. The Labute approximate surface area is 109 Å². The van der Waals surface area contributed by atoms with Crippen LogP contribution >= 0.6 is 11.8 Å².